The van der Waals surface area contributed by atoms with E-state index in [1.807, 2.05) is 32.1 Å². The Hall–Kier alpha value is -1.86. The van der Waals surface area contributed by atoms with Gasteiger partial charge in [-0.25, -0.2) is 4.98 Å². The van der Waals surface area contributed by atoms with Gasteiger partial charge in [-0.1, -0.05) is 5.57 Å². The predicted octanol–water partition coefficient (Wildman–Crippen LogP) is 1.79. The predicted molar refractivity (Wildman–Crippen MR) is 73.4 cm³/mol. The fourth-order valence-electron chi connectivity index (χ4n) is 2.04. The second-order valence-corrected chi connectivity index (χ2v) is 4.68. The van der Waals surface area contributed by atoms with Crippen LogP contribution in [0.5, 0.6) is 0 Å². The molecule has 18 heavy (non-hydrogen) atoms. The number of nitriles is 1. The molecule has 0 atom stereocenters. The Morgan fingerprint density at radius 1 is 1.39 bits per heavy atom. The Balaban J connectivity index is 2.36. The standard InChI is InChI=1S/C14H18N4/c1-11(2)9-13-4-3-12(10-15)14(17-13)18-7-5-16-6-8-18/h3-4,9,16H,5-8H2,1-2H3. The topological polar surface area (TPSA) is 52.0 Å². The quantitative estimate of drug-likeness (QED) is 0.859. The van der Waals surface area contributed by atoms with Gasteiger partial charge in [-0.2, -0.15) is 5.26 Å². The summed E-state index contributed by atoms with van der Waals surface area (Å²) in [5, 5.41) is 12.5. The highest BCUT2D eigenvalue weighted by atomic mass is 15.2. The van der Waals surface area contributed by atoms with E-state index < -0.39 is 0 Å². The van der Waals surface area contributed by atoms with Gasteiger partial charge in [0, 0.05) is 26.2 Å². The van der Waals surface area contributed by atoms with Gasteiger partial charge in [0.25, 0.3) is 0 Å². The van der Waals surface area contributed by atoms with Crippen LogP contribution in [0.1, 0.15) is 25.1 Å². The monoisotopic (exact) mass is 242 g/mol. The van der Waals surface area contributed by atoms with Gasteiger partial charge in [-0.3, -0.25) is 0 Å². The number of nitrogens with one attached hydrogen (secondary N) is 1. The van der Waals surface area contributed by atoms with Crippen LogP contribution in [0.25, 0.3) is 6.08 Å². The fourth-order valence-corrected chi connectivity index (χ4v) is 2.04. The first-order valence-electron chi connectivity index (χ1n) is 6.22. The molecule has 2 rings (SSSR count). The first-order valence-corrected chi connectivity index (χ1v) is 6.22. The third-order valence-electron chi connectivity index (χ3n) is 2.87. The molecule has 4 heteroatoms. The van der Waals surface area contributed by atoms with Crippen LogP contribution in [0, 0.1) is 11.3 Å². The smallest absolute Gasteiger partial charge is 0.147 e. The molecule has 1 aliphatic rings. The van der Waals surface area contributed by atoms with Crippen molar-refractivity contribution in [2.75, 3.05) is 31.1 Å². The van der Waals surface area contributed by atoms with Crippen molar-refractivity contribution in [2.24, 2.45) is 0 Å². The van der Waals surface area contributed by atoms with Gasteiger partial charge >= 0.3 is 0 Å². The second-order valence-electron chi connectivity index (χ2n) is 4.68. The van der Waals surface area contributed by atoms with Crippen molar-refractivity contribution in [1.29, 1.82) is 5.26 Å². The summed E-state index contributed by atoms with van der Waals surface area (Å²) in [5.41, 5.74) is 2.78. The van der Waals surface area contributed by atoms with Gasteiger partial charge in [0.05, 0.1) is 11.3 Å². The Kier molecular flexibility index (Phi) is 3.96. The number of allylic oxidation sites excluding steroid dienone is 1. The van der Waals surface area contributed by atoms with Crippen LogP contribution in [0.15, 0.2) is 17.7 Å². The SMILES string of the molecule is CC(C)=Cc1ccc(C#N)c(N2CCNCC2)n1. The molecule has 0 aromatic carbocycles. The van der Waals surface area contributed by atoms with E-state index in [-0.39, 0.29) is 0 Å². The Morgan fingerprint density at radius 2 is 2.11 bits per heavy atom. The minimum absolute atomic E-state index is 0.655. The second kappa shape index (κ2) is 5.65. The molecule has 0 bridgehead atoms. The van der Waals surface area contributed by atoms with Gasteiger partial charge in [0.1, 0.15) is 11.9 Å². The minimum atomic E-state index is 0.655. The Labute approximate surface area is 108 Å². The highest BCUT2D eigenvalue weighted by molar-refractivity contribution is 5.59. The number of hydrogen-bond donors (Lipinski definition) is 1. The van der Waals surface area contributed by atoms with Crippen molar-refractivity contribution in [2.45, 2.75) is 13.8 Å². The van der Waals surface area contributed by atoms with E-state index in [1.54, 1.807) is 0 Å². The molecule has 0 aliphatic carbocycles. The maximum atomic E-state index is 9.17. The summed E-state index contributed by atoms with van der Waals surface area (Å²) < 4.78 is 0. The van der Waals surface area contributed by atoms with E-state index in [0.717, 1.165) is 37.7 Å². The average Bonchev–Trinajstić information content (AvgIpc) is 2.39. The Bertz CT molecular complexity index is 489. The van der Waals surface area contributed by atoms with Crippen LogP contribution in [-0.4, -0.2) is 31.2 Å². The molecule has 0 radical (unpaired) electrons. The third-order valence-corrected chi connectivity index (χ3v) is 2.87. The van der Waals surface area contributed by atoms with Gasteiger partial charge in [0.15, 0.2) is 0 Å². The van der Waals surface area contributed by atoms with Crippen LogP contribution >= 0.6 is 0 Å². The first-order chi connectivity index (χ1) is 8.70. The van der Waals surface area contributed by atoms with Crippen molar-refractivity contribution in [3.8, 4) is 6.07 Å². The van der Waals surface area contributed by atoms with E-state index in [9.17, 15) is 5.26 Å². The van der Waals surface area contributed by atoms with Crippen molar-refractivity contribution in [3.63, 3.8) is 0 Å². The normalized spacial score (nSPS) is 15.1. The largest absolute Gasteiger partial charge is 0.353 e. The van der Waals surface area contributed by atoms with Crippen molar-refractivity contribution in [1.82, 2.24) is 10.3 Å². The Morgan fingerprint density at radius 3 is 2.72 bits per heavy atom. The molecular weight excluding hydrogens is 224 g/mol. The molecule has 0 unspecified atom stereocenters. The number of nitrogens with zero attached hydrogens (tertiary/aromatic N) is 3. The molecule has 1 aromatic rings. The number of piperazine rings is 1. The molecule has 2 heterocycles. The molecule has 0 spiro atoms. The maximum absolute atomic E-state index is 9.17. The van der Waals surface area contributed by atoms with Gasteiger partial charge in [-0.05, 0) is 32.1 Å². The molecule has 94 valence electrons. The van der Waals surface area contributed by atoms with E-state index >= 15 is 0 Å². The lowest BCUT2D eigenvalue weighted by atomic mass is 10.2. The summed E-state index contributed by atoms with van der Waals surface area (Å²) in [7, 11) is 0. The number of aromatic nitrogens is 1. The summed E-state index contributed by atoms with van der Waals surface area (Å²) in [6, 6.07) is 5.99. The summed E-state index contributed by atoms with van der Waals surface area (Å²) in [5.74, 6) is 0.814. The van der Waals surface area contributed by atoms with E-state index in [2.05, 4.69) is 21.3 Å². The number of pyridine rings is 1. The molecule has 0 amide bonds. The van der Waals surface area contributed by atoms with E-state index in [1.165, 1.54) is 5.57 Å². The molecule has 1 fully saturated rings. The first kappa shape index (κ1) is 12.6. The molecule has 0 saturated carbocycles. The molecule has 4 nitrogen and oxygen atoms in total. The van der Waals surface area contributed by atoms with E-state index in [0.29, 0.717) is 5.56 Å². The zero-order chi connectivity index (χ0) is 13.0. The average molecular weight is 242 g/mol. The molecule has 1 aromatic heterocycles. The molecular formula is C14H18N4. The molecule has 1 saturated heterocycles. The van der Waals surface area contributed by atoms with Crippen molar-refractivity contribution < 1.29 is 0 Å². The highest BCUT2D eigenvalue weighted by Gasteiger charge is 2.15. The van der Waals surface area contributed by atoms with Gasteiger partial charge < -0.3 is 10.2 Å². The van der Waals surface area contributed by atoms with Gasteiger partial charge in [0.2, 0.25) is 0 Å². The number of hydrogen-bond acceptors (Lipinski definition) is 4. The number of rotatable bonds is 2. The van der Waals surface area contributed by atoms with Crippen molar-refractivity contribution in [3.05, 3.63) is 29.0 Å². The lowest BCUT2D eigenvalue weighted by Crippen LogP contribution is -2.44. The summed E-state index contributed by atoms with van der Waals surface area (Å²) in [4.78, 5) is 6.78. The molecule has 1 N–H and O–H groups in total. The van der Waals surface area contributed by atoms with Crippen LogP contribution < -0.4 is 10.2 Å². The van der Waals surface area contributed by atoms with Crippen LogP contribution in [0.3, 0.4) is 0 Å². The summed E-state index contributed by atoms with van der Waals surface area (Å²) >= 11 is 0. The lowest BCUT2D eigenvalue weighted by Gasteiger charge is -2.29. The van der Waals surface area contributed by atoms with Crippen LogP contribution in [0.4, 0.5) is 5.82 Å². The van der Waals surface area contributed by atoms with Crippen molar-refractivity contribution >= 4 is 11.9 Å². The zero-order valence-corrected chi connectivity index (χ0v) is 10.9. The zero-order valence-electron chi connectivity index (χ0n) is 10.9. The highest BCUT2D eigenvalue weighted by Crippen LogP contribution is 2.19. The van der Waals surface area contributed by atoms with Crippen LogP contribution in [0.2, 0.25) is 0 Å². The summed E-state index contributed by atoms with van der Waals surface area (Å²) in [6.45, 7) is 7.79. The van der Waals surface area contributed by atoms with E-state index in [4.69, 9.17) is 0 Å². The fraction of sp³-hybridized carbons (Fsp3) is 0.429. The maximum Gasteiger partial charge on any atom is 0.147 e. The molecule has 1 aliphatic heterocycles. The van der Waals surface area contributed by atoms with Crippen LogP contribution in [-0.2, 0) is 0 Å². The summed E-state index contributed by atoms with van der Waals surface area (Å²) in [6.07, 6.45) is 2.03. The third kappa shape index (κ3) is 2.88. The minimum Gasteiger partial charge on any atom is -0.353 e. The van der Waals surface area contributed by atoms with Gasteiger partial charge in [-0.15, -0.1) is 0 Å². The number of anilines is 1. The lowest BCUT2D eigenvalue weighted by molar-refractivity contribution is 0.584.